The van der Waals surface area contributed by atoms with E-state index in [4.69, 9.17) is 4.74 Å². The van der Waals surface area contributed by atoms with Gasteiger partial charge in [-0.25, -0.2) is 9.18 Å². The fourth-order valence-corrected chi connectivity index (χ4v) is 4.45. The normalized spacial score (nSPS) is 22.9. The van der Waals surface area contributed by atoms with Crippen molar-refractivity contribution in [3.8, 4) is 5.75 Å². The van der Waals surface area contributed by atoms with E-state index in [2.05, 4.69) is 0 Å². The second-order valence-electron chi connectivity index (χ2n) is 9.29. The van der Waals surface area contributed by atoms with Crippen LogP contribution in [0.5, 0.6) is 5.75 Å². The van der Waals surface area contributed by atoms with Gasteiger partial charge in [0.2, 0.25) is 11.8 Å². The van der Waals surface area contributed by atoms with Crippen LogP contribution in [0.2, 0.25) is 0 Å². The van der Waals surface area contributed by atoms with Gasteiger partial charge in [0.15, 0.2) is 0 Å². The number of ether oxygens (including phenoxy) is 1. The number of benzene rings is 1. The largest absolute Gasteiger partial charge is 0.415 e. The molecule has 1 aromatic carbocycles. The molecule has 1 aliphatic carbocycles. The molecule has 0 N–H and O–H groups in total. The van der Waals surface area contributed by atoms with Crippen LogP contribution in [-0.2, 0) is 9.59 Å². The minimum atomic E-state index is -0.522. The summed E-state index contributed by atoms with van der Waals surface area (Å²) in [6, 6.07) is 5.18. The number of hydrogen-bond donors (Lipinski definition) is 0. The highest BCUT2D eigenvalue weighted by molar-refractivity contribution is 5.85. The number of piperidine rings is 1. The van der Waals surface area contributed by atoms with Crippen LogP contribution in [0.15, 0.2) is 24.3 Å². The third-order valence-electron chi connectivity index (χ3n) is 6.98. The van der Waals surface area contributed by atoms with E-state index in [0.717, 1.165) is 12.8 Å². The molecule has 3 aliphatic rings. The Hall–Kier alpha value is -2.64. The number of hydrogen-bond acceptors (Lipinski definition) is 4. The fraction of sp³-hybridized carbons (Fsp3) is 0.609. The van der Waals surface area contributed by atoms with E-state index in [1.807, 2.05) is 16.7 Å². The van der Waals surface area contributed by atoms with Gasteiger partial charge in [-0.2, -0.15) is 0 Å². The number of likely N-dealkylation sites (N-methyl/N-ethyl adjacent to an activating group) is 1. The zero-order valence-electron chi connectivity index (χ0n) is 18.2. The lowest BCUT2D eigenvalue weighted by Gasteiger charge is -2.34. The highest BCUT2D eigenvalue weighted by Crippen LogP contribution is 2.47. The molecule has 3 amide bonds. The topological polar surface area (TPSA) is 70.2 Å². The molecule has 168 valence electrons. The molecule has 2 heterocycles. The second kappa shape index (κ2) is 8.48. The SMILES string of the molecule is CN(C(=O)Oc1ccc(F)cc1)[C@@H]1CCN(C(=O)C2CCN(C(=O)C3(C)CC3)CC2)C1. The van der Waals surface area contributed by atoms with Gasteiger partial charge in [-0.05, 0) is 56.4 Å². The van der Waals surface area contributed by atoms with Crippen molar-refractivity contribution in [2.24, 2.45) is 11.3 Å². The molecule has 1 saturated carbocycles. The third-order valence-corrected chi connectivity index (χ3v) is 6.98. The van der Waals surface area contributed by atoms with Gasteiger partial charge in [0.25, 0.3) is 0 Å². The van der Waals surface area contributed by atoms with Crippen LogP contribution in [0.25, 0.3) is 0 Å². The van der Waals surface area contributed by atoms with Crippen LogP contribution in [0.1, 0.15) is 39.0 Å². The van der Waals surface area contributed by atoms with Crippen molar-refractivity contribution in [1.82, 2.24) is 14.7 Å². The van der Waals surface area contributed by atoms with Gasteiger partial charge in [-0.15, -0.1) is 0 Å². The highest BCUT2D eigenvalue weighted by atomic mass is 19.1. The summed E-state index contributed by atoms with van der Waals surface area (Å²) in [6.45, 7) is 4.40. The van der Waals surface area contributed by atoms with Crippen LogP contribution in [0.4, 0.5) is 9.18 Å². The molecule has 1 aromatic rings. The Morgan fingerprint density at radius 1 is 1.03 bits per heavy atom. The van der Waals surface area contributed by atoms with Crippen molar-refractivity contribution in [3.05, 3.63) is 30.1 Å². The van der Waals surface area contributed by atoms with E-state index in [1.165, 1.54) is 29.2 Å². The average Bonchev–Trinajstić information content (AvgIpc) is 3.34. The summed E-state index contributed by atoms with van der Waals surface area (Å²) in [5, 5.41) is 0. The molecule has 0 aromatic heterocycles. The maximum Gasteiger partial charge on any atom is 0.415 e. The van der Waals surface area contributed by atoms with Crippen molar-refractivity contribution in [1.29, 1.82) is 0 Å². The Labute approximate surface area is 182 Å². The molecule has 0 spiro atoms. The van der Waals surface area contributed by atoms with Crippen molar-refractivity contribution >= 4 is 17.9 Å². The average molecular weight is 432 g/mol. The molecule has 2 saturated heterocycles. The van der Waals surface area contributed by atoms with Crippen LogP contribution in [0.3, 0.4) is 0 Å². The van der Waals surface area contributed by atoms with Gasteiger partial charge in [-0.1, -0.05) is 6.92 Å². The van der Waals surface area contributed by atoms with Gasteiger partial charge in [0.05, 0.1) is 6.04 Å². The predicted octanol–water partition coefficient (Wildman–Crippen LogP) is 2.90. The number of amides is 3. The zero-order valence-corrected chi connectivity index (χ0v) is 18.2. The van der Waals surface area contributed by atoms with Crippen LogP contribution in [0, 0.1) is 17.2 Å². The summed E-state index contributed by atoms with van der Waals surface area (Å²) in [5.74, 6) is 0.181. The lowest BCUT2D eigenvalue weighted by molar-refractivity contribution is -0.142. The fourth-order valence-electron chi connectivity index (χ4n) is 4.45. The Balaban J connectivity index is 1.25. The molecule has 7 nitrogen and oxygen atoms in total. The first-order valence-corrected chi connectivity index (χ1v) is 11.1. The second-order valence-corrected chi connectivity index (χ2v) is 9.29. The summed E-state index contributed by atoms with van der Waals surface area (Å²) in [4.78, 5) is 43.2. The lowest BCUT2D eigenvalue weighted by atomic mass is 9.94. The number of halogens is 1. The van der Waals surface area contributed by atoms with Gasteiger partial charge in [0.1, 0.15) is 11.6 Å². The van der Waals surface area contributed by atoms with Crippen LogP contribution < -0.4 is 4.74 Å². The molecule has 31 heavy (non-hydrogen) atoms. The minimum Gasteiger partial charge on any atom is -0.410 e. The predicted molar refractivity (Wildman–Crippen MR) is 112 cm³/mol. The van der Waals surface area contributed by atoms with E-state index in [9.17, 15) is 18.8 Å². The first-order valence-electron chi connectivity index (χ1n) is 11.1. The zero-order chi connectivity index (χ0) is 22.2. The Bertz CT molecular complexity index is 847. The number of likely N-dealkylation sites (tertiary alicyclic amines) is 2. The lowest BCUT2D eigenvalue weighted by Crippen LogP contribution is -2.46. The van der Waals surface area contributed by atoms with E-state index in [1.54, 1.807) is 7.05 Å². The molecule has 0 unspecified atom stereocenters. The summed E-state index contributed by atoms with van der Waals surface area (Å²) in [7, 11) is 1.66. The summed E-state index contributed by atoms with van der Waals surface area (Å²) in [5.41, 5.74) is -0.161. The summed E-state index contributed by atoms with van der Waals surface area (Å²) < 4.78 is 18.3. The van der Waals surface area contributed by atoms with Gasteiger partial charge >= 0.3 is 6.09 Å². The number of nitrogens with zero attached hydrogens (tertiary/aromatic N) is 3. The van der Waals surface area contributed by atoms with Gasteiger partial charge < -0.3 is 19.4 Å². The number of carbonyl (C=O) groups excluding carboxylic acids is 3. The standard InChI is InChI=1S/C23H30FN3O4/c1-23(10-11-23)21(29)26-12-7-16(8-13-26)20(28)27-14-9-18(15-27)25(2)22(30)31-19-5-3-17(24)4-6-19/h3-6,16,18H,7-15H2,1-2H3/t18-/m1/s1. The minimum absolute atomic E-state index is 0.0636. The van der Waals surface area contributed by atoms with Crippen molar-refractivity contribution in [3.63, 3.8) is 0 Å². The molecule has 8 heteroatoms. The molecular formula is C23H30FN3O4. The Morgan fingerprint density at radius 3 is 2.26 bits per heavy atom. The van der Waals surface area contributed by atoms with Crippen LogP contribution in [-0.4, -0.2) is 71.9 Å². The molecule has 1 atom stereocenters. The first kappa shape index (κ1) is 21.6. The molecule has 3 fully saturated rings. The summed E-state index contributed by atoms with van der Waals surface area (Å²) in [6.07, 6.45) is 3.50. The van der Waals surface area contributed by atoms with Crippen LogP contribution >= 0.6 is 0 Å². The van der Waals surface area contributed by atoms with E-state index in [-0.39, 0.29) is 34.9 Å². The molecular weight excluding hydrogens is 401 g/mol. The number of rotatable bonds is 4. The molecule has 0 bridgehead atoms. The van der Waals surface area contributed by atoms with Crippen molar-refractivity contribution in [2.45, 2.75) is 45.1 Å². The van der Waals surface area contributed by atoms with Crippen molar-refractivity contribution in [2.75, 3.05) is 33.2 Å². The Morgan fingerprint density at radius 2 is 1.65 bits per heavy atom. The van der Waals surface area contributed by atoms with E-state index < -0.39 is 11.9 Å². The maximum absolute atomic E-state index is 13.0. The monoisotopic (exact) mass is 431 g/mol. The first-order chi connectivity index (χ1) is 14.8. The number of carbonyl (C=O) groups is 3. The van der Waals surface area contributed by atoms with Crippen molar-refractivity contribution < 1.29 is 23.5 Å². The van der Waals surface area contributed by atoms with E-state index >= 15 is 0 Å². The summed E-state index contributed by atoms with van der Waals surface area (Å²) >= 11 is 0. The van der Waals surface area contributed by atoms with E-state index in [0.29, 0.717) is 45.4 Å². The van der Waals surface area contributed by atoms with Gasteiger partial charge in [-0.3, -0.25) is 9.59 Å². The third kappa shape index (κ3) is 4.67. The maximum atomic E-state index is 13.0. The smallest absolute Gasteiger partial charge is 0.410 e. The quantitative estimate of drug-likeness (QED) is 0.735. The molecule has 4 rings (SSSR count). The van der Waals surface area contributed by atoms with Gasteiger partial charge in [0, 0.05) is 44.6 Å². The molecule has 0 radical (unpaired) electrons. The Kier molecular flexibility index (Phi) is 5.90. The molecule has 2 aliphatic heterocycles. The highest BCUT2D eigenvalue weighted by Gasteiger charge is 2.48.